The first-order chi connectivity index (χ1) is 51.5. The largest absolute Gasteiger partial charge is 0.508 e. The molecule has 3 saturated heterocycles. The summed E-state index contributed by atoms with van der Waals surface area (Å²) in [5.74, 6) is -15.4. The average molecular weight is 1530 g/mol. The summed E-state index contributed by atoms with van der Waals surface area (Å²) in [6, 6.07) is 2.85. The first-order valence-electron chi connectivity index (χ1n) is 34.8. The number of aliphatic hydroxyl groups excluding tert-OH is 8. The number of carbonyl (C=O) groups is 8. The maximum absolute atomic E-state index is 16.3. The number of aromatic hydroxyl groups is 3. The summed E-state index contributed by atoms with van der Waals surface area (Å²) in [5.41, 5.74) is 8.43. The number of nitrogens with two attached hydrogens (primary N) is 2. The number of phenolic OH excluding ortho intramolecular Hbond substituents is 3. The third kappa shape index (κ3) is 17.1. The molecule has 8 heterocycles. The van der Waals surface area contributed by atoms with Gasteiger partial charge in [0.1, 0.15) is 108 Å². The smallest absolute Gasteiger partial charge is 0.330 e. The third-order valence-electron chi connectivity index (χ3n) is 19.7. The van der Waals surface area contributed by atoms with E-state index in [1.54, 1.807) is 0 Å². The fraction of sp³-hybridized carbons (Fsp3) is 0.472. The number of primary amides is 1. The molecular formula is C72H87N9O28. The molecule has 8 aliphatic rings. The number of nitrogens with one attached hydrogen (secondary N) is 7. The van der Waals surface area contributed by atoms with Gasteiger partial charge in [0.2, 0.25) is 53.4 Å². The second-order valence-corrected chi connectivity index (χ2v) is 28.3. The van der Waals surface area contributed by atoms with Gasteiger partial charge >= 0.3 is 5.97 Å². The Bertz CT molecular complexity index is 4250. The molecule has 8 aliphatic heterocycles. The van der Waals surface area contributed by atoms with Gasteiger partial charge in [0.25, 0.3) is 0 Å². The van der Waals surface area contributed by atoms with Crippen molar-refractivity contribution in [3.8, 4) is 57.1 Å². The number of ether oxygens (including phenoxy) is 8. The van der Waals surface area contributed by atoms with Gasteiger partial charge in [-0.3, -0.25) is 33.6 Å². The van der Waals surface area contributed by atoms with E-state index in [2.05, 4.69) is 37.2 Å². The zero-order valence-electron chi connectivity index (χ0n) is 59.3. The van der Waals surface area contributed by atoms with Gasteiger partial charge in [0.15, 0.2) is 36.2 Å². The van der Waals surface area contributed by atoms with Crippen molar-refractivity contribution in [2.24, 2.45) is 17.4 Å². The van der Waals surface area contributed by atoms with Crippen LogP contribution in [0.25, 0.3) is 11.1 Å². The van der Waals surface area contributed by atoms with Crippen molar-refractivity contribution in [1.29, 1.82) is 0 Å². The molecule has 37 heteroatoms. The lowest BCUT2D eigenvalue weighted by Gasteiger charge is -2.45. The van der Waals surface area contributed by atoms with Gasteiger partial charge in [0.05, 0.1) is 37.4 Å². The number of likely N-dealkylation sites (N-methyl/N-ethyl adjacent to an activating group) is 1. The Morgan fingerprint density at radius 1 is 0.651 bits per heavy atom. The van der Waals surface area contributed by atoms with E-state index >= 15 is 19.2 Å². The minimum Gasteiger partial charge on any atom is -0.508 e. The monoisotopic (exact) mass is 1530 g/mol. The second-order valence-electron chi connectivity index (χ2n) is 28.3. The number of amides is 7. The maximum atomic E-state index is 16.3. The number of carboxylic acid groups (broad SMARTS) is 1. The molecule has 11 bridgehead atoms. The predicted molar refractivity (Wildman–Crippen MR) is 370 cm³/mol. The molecule has 13 rings (SSSR count). The van der Waals surface area contributed by atoms with Crippen molar-refractivity contribution in [3.05, 3.63) is 119 Å². The Hall–Kier alpha value is -9.94. The van der Waals surface area contributed by atoms with Crippen LogP contribution < -0.4 is 62.9 Å². The zero-order valence-corrected chi connectivity index (χ0v) is 59.3. The van der Waals surface area contributed by atoms with Crippen LogP contribution in [-0.4, -0.2) is 232 Å². The standard InChI is InChI=1S/C72H87N9O28/c1-26(2)17-38(75-6)63(94)80-51-54(88)29-7-12-34(13-8-29)104-42-19-32-20-43(60(42)108-71-61(57(91)55(89)44(25-82)106-71)109-70-58(92)56(90)53(87)27(3)103-70)105-35-14-9-30(10-15-35)59(107-46-24-72(5,74)62(93)28(4)102-46)52-68(99)79-50(69(100)101)37-21-33(83)22-41(85)47(37)36-18-31(11-16-40(36)84)48(65(96)81-52)78-66(97)49(32)77-64(95)39(23-45(73)86)76-67(51)98/h7-16,18-22,26-28,38-39,44,46,48-59,61-62,70-71,75,82-85,87-93H,17,23-25,74H2,1-6H3,(H2,73,86)(H,76,98)(H,77,95)(H,78,97)(H,79,99)(H,80,94)(H,81,96)(H,100,101)/t27-,28-,38-,39-,44-,46-,48-,49+,50-,51+,52+,53+,54-,55-,56-,57+,58-,59-,61-,62-,70-,71-,72+/m0/s1. The van der Waals surface area contributed by atoms with Gasteiger partial charge in [-0.1, -0.05) is 44.2 Å². The van der Waals surface area contributed by atoms with E-state index in [0.717, 1.165) is 42.5 Å². The zero-order chi connectivity index (χ0) is 79.1. The van der Waals surface area contributed by atoms with Crippen LogP contribution in [-0.2, 0) is 62.0 Å². The minimum absolute atomic E-state index is 0.0567. The van der Waals surface area contributed by atoms with Crippen LogP contribution in [0.2, 0.25) is 0 Å². The van der Waals surface area contributed by atoms with Crippen LogP contribution in [0.15, 0.2) is 91.0 Å². The highest BCUT2D eigenvalue weighted by atomic mass is 16.8. The fourth-order valence-corrected chi connectivity index (χ4v) is 13.8. The lowest BCUT2D eigenvalue weighted by molar-refractivity contribution is -0.354. The van der Waals surface area contributed by atoms with Gasteiger partial charge in [-0.2, -0.15) is 0 Å². The quantitative estimate of drug-likeness (QED) is 0.0522. The normalized spacial score (nSPS) is 32.4. The molecule has 5 aromatic carbocycles. The number of benzene rings is 5. The molecule has 23 atom stereocenters. The van der Waals surface area contributed by atoms with Gasteiger partial charge in [-0.15, -0.1) is 0 Å². The molecule has 0 spiro atoms. The van der Waals surface area contributed by atoms with Gasteiger partial charge in [-0.05, 0) is 117 Å². The lowest BCUT2D eigenvalue weighted by Crippen LogP contribution is -2.64. The SMILES string of the molecule is CN[C@@H](CC(C)C)C(=O)N[C@H]1C(=O)N[C@@H](CC(N)=O)C(=O)N[C@H]2C(=O)N[C@@H]3C(=O)N[C@@H](C(=O)N[C@H](C(=O)O)c4cc(O)cc(O)c4-c4cc3ccc4O)[C@@H](O[C@H]3C[C@@](C)(N)[C@@H](O)[C@H](C)O3)c3ccc(cc3)Oc3cc2cc(c3O[C@@H]2O[C@@H](CO)[C@H](O)[C@@H](O)[C@@H]2O[C@@H]2O[C@@H](C)[C@@H](O)[C@H](O)[C@@H]2O)Oc2ccc(cc2)[C@@H]1O. The van der Waals surface area contributed by atoms with Crippen molar-refractivity contribution >= 4 is 47.3 Å². The molecule has 7 amide bonds. The number of hydrogen-bond acceptors (Lipinski definition) is 29. The predicted octanol–water partition coefficient (Wildman–Crippen LogP) is -2.35. The van der Waals surface area contributed by atoms with Crippen molar-refractivity contribution in [3.63, 3.8) is 0 Å². The molecule has 5 aromatic rings. The average Bonchev–Trinajstić information content (AvgIpc) is 0.768. The summed E-state index contributed by atoms with van der Waals surface area (Å²) in [5, 5.41) is 153. The number of hydrogen-bond donors (Lipinski definition) is 21. The molecule has 109 heavy (non-hydrogen) atoms. The number of fused-ring (bicyclic) bond motifs is 15. The van der Waals surface area contributed by atoms with Crippen LogP contribution in [0.4, 0.5) is 0 Å². The molecular weight excluding hydrogens is 1440 g/mol. The summed E-state index contributed by atoms with van der Waals surface area (Å²) in [6.07, 6.45) is -27.9. The number of carbonyl (C=O) groups excluding carboxylic acids is 7. The molecule has 0 radical (unpaired) electrons. The van der Waals surface area contributed by atoms with E-state index in [9.17, 15) is 80.5 Å². The second kappa shape index (κ2) is 32.7. The van der Waals surface area contributed by atoms with Gasteiger partial charge < -0.3 is 148 Å². The fourth-order valence-electron chi connectivity index (χ4n) is 13.8. The van der Waals surface area contributed by atoms with Crippen LogP contribution in [0, 0.1) is 5.92 Å². The minimum atomic E-state index is -2.35. The Morgan fingerprint density at radius 3 is 1.87 bits per heavy atom. The number of carboxylic acids is 1. The highest BCUT2D eigenvalue weighted by Crippen LogP contribution is 2.49. The summed E-state index contributed by atoms with van der Waals surface area (Å²) < 4.78 is 50.8. The van der Waals surface area contributed by atoms with E-state index in [1.165, 1.54) is 76.3 Å². The maximum Gasteiger partial charge on any atom is 0.330 e. The van der Waals surface area contributed by atoms with Crippen LogP contribution >= 0.6 is 0 Å². The van der Waals surface area contributed by atoms with Crippen molar-refractivity contribution in [1.82, 2.24) is 37.2 Å². The first kappa shape index (κ1) is 80.1. The first-order valence-corrected chi connectivity index (χ1v) is 34.8. The molecule has 23 N–H and O–H groups in total. The molecule has 37 nitrogen and oxygen atoms in total. The lowest BCUT2D eigenvalue weighted by atomic mass is 9.86. The van der Waals surface area contributed by atoms with E-state index < -0.39 is 257 Å². The Morgan fingerprint density at radius 2 is 1.27 bits per heavy atom. The topological polar surface area (TPSA) is 589 Å². The Kier molecular flexibility index (Phi) is 24.0. The van der Waals surface area contributed by atoms with Crippen molar-refractivity contribution in [2.45, 2.75) is 194 Å². The molecule has 0 unspecified atom stereocenters. The summed E-state index contributed by atoms with van der Waals surface area (Å²) in [6.45, 7) is 6.89. The van der Waals surface area contributed by atoms with Crippen LogP contribution in [0.1, 0.15) is 112 Å². The van der Waals surface area contributed by atoms with E-state index in [4.69, 9.17) is 49.4 Å². The highest BCUT2D eigenvalue weighted by Gasteiger charge is 2.53. The Balaban J connectivity index is 1.17. The third-order valence-corrected chi connectivity index (χ3v) is 19.7. The molecule has 0 saturated carbocycles. The van der Waals surface area contributed by atoms with E-state index in [1.807, 2.05) is 13.8 Å². The summed E-state index contributed by atoms with van der Waals surface area (Å²) in [4.78, 5) is 119. The Labute approximate surface area is 620 Å². The van der Waals surface area contributed by atoms with Crippen LogP contribution in [0.5, 0.6) is 46.0 Å². The van der Waals surface area contributed by atoms with Crippen molar-refractivity contribution in [2.75, 3.05) is 13.7 Å². The number of rotatable bonds is 15. The van der Waals surface area contributed by atoms with E-state index in [0.29, 0.717) is 0 Å². The molecule has 0 aromatic heterocycles. The van der Waals surface area contributed by atoms with Gasteiger partial charge in [0, 0.05) is 34.7 Å². The number of aliphatic hydroxyl groups is 8. The number of phenols is 3. The van der Waals surface area contributed by atoms with Crippen LogP contribution in [0.3, 0.4) is 0 Å². The number of aliphatic carboxylic acids is 1. The highest BCUT2D eigenvalue weighted by molar-refractivity contribution is 6.00. The van der Waals surface area contributed by atoms with E-state index in [-0.39, 0.29) is 46.9 Å². The molecule has 0 aliphatic carbocycles. The summed E-state index contributed by atoms with van der Waals surface area (Å²) in [7, 11) is 1.48. The molecule has 3 fully saturated rings. The van der Waals surface area contributed by atoms with Gasteiger partial charge in [-0.25, -0.2) is 4.79 Å². The molecule has 588 valence electrons. The summed E-state index contributed by atoms with van der Waals surface area (Å²) >= 11 is 0. The van der Waals surface area contributed by atoms with Crippen molar-refractivity contribution < 1.29 is 138 Å².